The van der Waals surface area contributed by atoms with Crippen molar-refractivity contribution in [3.8, 4) is 0 Å². The molecule has 0 saturated carbocycles. The van der Waals surface area contributed by atoms with Crippen LogP contribution in [-0.2, 0) is 16.0 Å². The Morgan fingerprint density at radius 1 is 1.47 bits per heavy atom. The zero-order valence-electron chi connectivity index (χ0n) is 9.50. The molecule has 92 valence electrons. The summed E-state index contributed by atoms with van der Waals surface area (Å²) in [6, 6.07) is 4.89. The van der Waals surface area contributed by atoms with Crippen LogP contribution in [0.2, 0.25) is 5.02 Å². The van der Waals surface area contributed by atoms with E-state index in [4.69, 9.17) is 11.6 Å². The lowest BCUT2D eigenvalue weighted by Crippen LogP contribution is -2.11. The molecule has 0 aliphatic rings. The highest BCUT2D eigenvalue weighted by molar-refractivity contribution is 9.10. The number of rotatable bonds is 4. The Labute approximate surface area is 113 Å². The minimum Gasteiger partial charge on any atom is -0.469 e. The third kappa shape index (κ3) is 3.82. The predicted octanol–water partition coefficient (Wildman–Crippen LogP) is 3.02. The Bertz CT molecular complexity index is 443. The van der Waals surface area contributed by atoms with Gasteiger partial charge in [0, 0.05) is 10.6 Å². The van der Waals surface area contributed by atoms with Crippen molar-refractivity contribution in [2.24, 2.45) is 0 Å². The molecule has 0 bridgehead atoms. The SMILES string of the molecule is COC(=O)Cc1ccc(C(=O)C(C)Br)cc1Cl. The van der Waals surface area contributed by atoms with Gasteiger partial charge >= 0.3 is 5.97 Å². The normalized spacial score (nSPS) is 12.0. The number of Topliss-reactive ketones (excluding diaryl/α,β-unsaturated/α-hetero) is 1. The maximum absolute atomic E-state index is 11.7. The fourth-order valence-electron chi connectivity index (χ4n) is 1.30. The molecule has 0 N–H and O–H groups in total. The second-order valence-electron chi connectivity index (χ2n) is 3.54. The zero-order valence-corrected chi connectivity index (χ0v) is 11.8. The van der Waals surface area contributed by atoms with Gasteiger partial charge in [-0.3, -0.25) is 9.59 Å². The summed E-state index contributed by atoms with van der Waals surface area (Å²) in [5.41, 5.74) is 1.17. The number of methoxy groups -OCH3 is 1. The Kier molecular flexibility index (Phi) is 5.15. The van der Waals surface area contributed by atoms with Crippen LogP contribution < -0.4 is 0 Å². The molecule has 0 radical (unpaired) electrons. The Balaban J connectivity index is 2.94. The van der Waals surface area contributed by atoms with Crippen molar-refractivity contribution in [2.75, 3.05) is 7.11 Å². The maximum Gasteiger partial charge on any atom is 0.310 e. The van der Waals surface area contributed by atoms with E-state index < -0.39 is 0 Å². The van der Waals surface area contributed by atoms with Crippen molar-refractivity contribution >= 4 is 39.3 Å². The molecule has 0 aromatic heterocycles. The topological polar surface area (TPSA) is 43.4 Å². The van der Waals surface area contributed by atoms with E-state index in [-0.39, 0.29) is 23.0 Å². The van der Waals surface area contributed by atoms with Crippen LogP contribution in [0.4, 0.5) is 0 Å². The highest BCUT2D eigenvalue weighted by Gasteiger charge is 2.14. The predicted molar refractivity (Wildman–Crippen MR) is 69.9 cm³/mol. The van der Waals surface area contributed by atoms with Gasteiger partial charge in [0.25, 0.3) is 0 Å². The first kappa shape index (κ1) is 14.2. The third-order valence-electron chi connectivity index (χ3n) is 2.26. The van der Waals surface area contributed by atoms with Crippen molar-refractivity contribution in [3.05, 3.63) is 34.3 Å². The number of hydrogen-bond acceptors (Lipinski definition) is 3. The molecule has 1 unspecified atom stereocenters. The van der Waals surface area contributed by atoms with Gasteiger partial charge in [0.2, 0.25) is 0 Å². The van der Waals surface area contributed by atoms with Crippen molar-refractivity contribution in [1.82, 2.24) is 0 Å². The summed E-state index contributed by atoms with van der Waals surface area (Å²) >= 11 is 9.21. The van der Waals surface area contributed by atoms with E-state index >= 15 is 0 Å². The van der Waals surface area contributed by atoms with Gasteiger partial charge in [-0.15, -0.1) is 0 Å². The first-order valence-electron chi connectivity index (χ1n) is 4.99. The molecule has 0 amide bonds. The number of carbonyl (C=O) groups excluding carboxylic acids is 2. The van der Waals surface area contributed by atoms with Crippen LogP contribution in [0.25, 0.3) is 0 Å². The van der Waals surface area contributed by atoms with Crippen LogP contribution in [0.1, 0.15) is 22.8 Å². The summed E-state index contributed by atoms with van der Waals surface area (Å²) in [7, 11) is 1.32. The second-order valence-corrected chi connectivity index (χ2v) is 5.32. The monoisotopic (exact) mass is 318 g/mol. The molecule has 0 fully saturated rings. The molecule has 1 rings (SSSR count). The van der Waals surface area contributed by atoms with E-state index in [1.807, 2.05) is 0 Å². The summed E-state index contributed by atoms with van der Waals surface area (Å²) in [6.45, 7) is 1.75. The second kappa shape index (κ2) is 6.17. The highest BCUT2D eigenvalue weighted by atomic mass is 79.9. The molecule has 1 aromatic carbocycles. The fourth-order valence-corrected chi connectivity index (χ4v) is 1.81. The van der Waals surface area contributed by atoms with E-state index in [9.17, 15) is 9.59 Å². The maximum atomic E-state index is 11.7. The van der Waals surface area contributed by atoms with Crippen molar-refractivity contribution in [2.45, 2.75) is 18.2 Å². The van der Waals surface area contributed by atoms with Crippen molar-refractivity contribution in [1.29, 1.82) is 0 Å². The van der Waals surface area contributed by atoms with Crippen LogP contribution in [-0.4, -0.2) is 23.7 Å². The van der Waals surface area contributed by atoms with Crippen LogP contribution in [0.15, 0.2) is 18.2 Å². The summed E-state index contributed by atoms with van der Waals surface area (Å²) in [4.78, 5) is 22.5. The van der Waals surface area contributed by atoms with Gasteiger partial charge in [0.1, 0.15) is 0 Å². The van der Waals surface area contributed by atoms with Gasteiger partial charge in [0.05, 0.1) is 18.4 Å². The standard InChI is InChI=1S/C12H12BrClO3/c1-7(13)12(16)9-4-3-8(10(14)5-9)6-11(15)17-2/h3-5,7H,6H2,1-2H3. The van der Waals surface area contributed by atoms with Gasteiger partial charge in [-0.05, 0) is 18.6 Å². The lowest BCUT2D eigenvalue weighted by Gasteiger charge is -2.07. The number of esters is 1. The van der Waals surface area contributed by atoms with Crippen LogP contribution in [0, 0.1) is 0 Å². The van der Waals surface area contributed by atoms with E-state index in [2.05, 4.69) is 20.7 Å². The van der Waals surface area contributed by atoms with Gasteiger partial charge < -0.3 is 4.74 Å². The average molecular weight is 320 g/mol. The largest absolute Gasteiger partial charge is 0.469 e. The van der Waals surface area contributed by atoms with E-state index in [1.54, 1.807) is 25.1 Å². The molecule has 0 aliphatic carbocycles. The van der Waals surface area contributed by atoms with E-state index in [1.165, 1.54) is 7.11 Å². The molecule has 0 saturated heterocycles. The van der Waals surface area contributed by atoms with Crippen molar-refractivity contribution < 1.29 is 14.3 Å². The van der Waals surface area contributed by atoms with Gasteiger partial charge in [-0.2, -0.15) is 0 Å². The van der Waals surface area contributed by atoms with E-state index in [0.717, 1.165) is 0 Å². The Morgan fingerprint density at radius 2 is 2.12 bits per heavy atom. The zero-order chi connectivity index (χ0) is 13.0. The molecule has 0 heterocycles. The highest BCUT2D eigenvalue weighted by Crippen LogP contribution is 2.20. The lowest BCUT2D eigenvalue weighted by atomic mass is 10.0. The quantitative estimate of drug-likeness (QED) is 0.487. The van der Waals surface area contributed by atoms with Crippen LogP contribution in [0.3, 0.4) is 0 Å². The minimum absolute atomic E-state index is 0.0449. The van der Waals surface area contributed by atoms with Crippen LogP contribution >= 0.6 is 27.5 Å². The molecule has 0 spiro atoms. The lowest BCUT2D eigenvalue weighted by molar-refractivity contribution is -0.139. The first-order valence-corrected chi connectivity index (χ1v) is 6.28. The molecule has 3 nitrogen and oxygen atoms in total. The number of ketones is 1. The molecule has 0 aliphatic heterocycles. The number of carbonyl (C=O) groups is 2. The van der Waals surface area contributed by atoms with Gasteiger partial charge in [0.15, 0.2) is 5.78 Å². The minimum atomic E-state index is -0.361. The number of alkyl halides is 1. The number of halogens is 2. The molecular formula is C12H12BrClO3. The Hall–Kier alpha value is -0.870. The third-order valence-corrected chi connectivity index (χ3v) is 3.03. The first-order chi connectivity index (χ1) is 7.95. The summed E-state index contributed by atoms with van der Waals surface area (Å²) in [5, 5.41) is 0.398. The number of ether oxygens (including phenoxy) is 1. The molecular weight excluding hydrogens is 307 g/mol. The average Bonchev–Trinajstić information content (AvgIpc) is 2.30. The summed E-state index contributed by atoms with van der Waals surface area (Å²) < 4.78 is 4.55. The molecule has 17 heavy (non-hydrogen) atoms. The van der Waals surface area contributed by atoms with Crippen LogP contribution in [0.5, 0.6) is 0 Å². The molecule has 5 heteroatoms. The number of hydrogen-bond donors (Lipinski definition) is 0. The fraction of sp³-hybridized carbons (Fsp3) is 0.333. The van der Waals surface area contributed by atoms with Crippen molar-refractivity contribution in [3.63, 3.8) is 0 Å². The number of benzene rings is 1. The summed E-state index contributed by atoms with van der Waals surface area (Å²) in [6.07, 6.45) is 0.105. The smallest absolute Gasteiger partial charge is 0.310 e. The van der Waals surface area contributed by atoms with Gasteiger partial charge in [-0.25, -0.2) is 0 Å². The summed E-state index contributed by atoms with van der Waals surface area (Å²) in [5.74, 6) is -0.406. The Morgan fingerprint density at radius 3 is 2.59 bits per heavy atom. The molecule has 1 aromatic rings. The van der Waals surface area contributed by atoms with E-state index in [0.29, 0.717) is 16.1 Å². The molecule has 1 atom stereocenters. The van der Waals surface area contributed by atoms with Gasteiger partial charge in [-0.1, -0.05) is 39.7 Å².